The molecule has 0 aromatic heterocycles. The summed E-state index contributed by atoms with van der Waals surface area (Å²) in [6.45, 7) is 8.64. The highest BCUT2D eigenvalue weighted by Gasteiger charge is 2.30. The average Bonchev–Trinajstić information content (AvgIpc) is 2.67. The highest BCUT2D eigenvalue weighted by molar-refractivity contribution is 9.09. The Morgan fingerprint density at radius 2 is 1.21 bits per heavy atom. The zero-order chi connectivity index (χ0) is 21.1. The van der Waals surface area contributed by atoms with Crippen LogP contribution in [0.4, 0.5) is 0 Å². The molecule has 1 unspecified atom stereocenters. The zero-order valence-corrected chi connectivity index (χ0v) is 21.1. The van der Waals surface area contributed by atoms with Crippen LogP contribution >= 0.6 is 15.9 Å². The first-order chi connectivity index (χ1) is 13.5. The van der Waals surface area contributed by atoms with Crippen molar-refractivity contribution in [1.82, 2.24) is 0 Å². The summed E-state index contributed by atoms with van der Waals surface area (Å²) in [5, 5.41) is 1.08. The number of halogens is 1. The Balaban J connectivity index is 4.35. The van der Waals surface area contributed by atoms with Crippen LogP contribution in [-0.2, 0) is 9.53 Å². The summed E-state index contributed by atoms with van der Waals surface area (Å²) < 4.78 is 6.05. The number of unbranched alkanes of at least 4 members (excludes halogenated alkanes) is 11. The van der Waals surface area contributed by atoms with Gasteiger partial charge in [-0.1, -0.05) is 100 Å². The Morgan fingerprint density at radius 3 is 1.79 bits per heavy atom. The van der Waals surface area contributed by atoms with Crippen LogP contribution in [0.2, 0.25) is 0 Å². The molecule has 28 heavy (non-hydrogen) atoms. The SMILES string of the molecule is CCCCCCCCC(CCCCCC)OC(=O)C(C)(C)CCCCCCBr. The lowest BCUT2D eigenvalue weighted by Crippen LogP contribution is -2.31. The molecule has 0 heterocycles. The van der Waals surface area contributed by atoms with E-state index in [0.717, 1.165) is 31.0 Å². The van der Waals surface area contributed by atoms with Gasteiger partial charge in [0.25, 0.3) is 0 Å². The maximum atomic E-state index is 12.8. The van der Waals surface area contributed by atoms with Gasteiger partial charge in [0.1, 0.15) is 6.10 Å². The third kappa shape index (κ3) is 15.8. The molecule has 0 aromatic carbocycles. The molecule has 0 amide bonds. The molecular formula is C25H49BrO2. The van der Waals surface area contributed by atoms with E-state index in [-0.39, 0.29) is 17.5 Å². The van der Waals surface area contributed by atoms with Crippen molar-refractivity contribution in [3.05, 3.63) is 0 Å². The van der Waals surface area contributed by atoms with Crippen molar-refractivity contribution in [2.75, 3.05) is 5.33 Å². The molecule has 0 aliphatic carbocycles. The maximum absolute atomic E-state index is 12.8. The Labute approximate surface area is 185 Å². The third-order valence-corrected chi connectivity index (χ3v) is 6.33. The summed E-state index contributed by atoms with van der Waals surface area (Å²) >= 11 is 3.49. The van der Waals surface area contributed by atoms with Crippen molar-refractivity contribution < 1.29 is 9.53 Å². The lowest BCUT2D eigenvalue weighted by Gasteiger charge is -2.27. The van der Waals surface area contributed by atoms with Gasteiger partial charge in [0.05, 0.1) is 5.41 Å². The van der Waals surface area contributed by atoms with Gasteiger partial charge in [-0.05, 0) is 52.4 Å². The van der Waals surface area contributed by atoms with Crippen LogP contribution in [0.1, 0.15) is 137 Å². The van der Waals surface area contributed by atoms with E-state index < -0.39 is 0 Å². The van der Waals surface area contributed by atoms with Crippen LogP contribution in [0.15, 0.2) is 0 Å². The summed E-state index contributed by atoms with van der Waals surface area (Å²) in [6, 6.07) is 0. The number of rotatable bonds is 20. The highest BCUT2D eigenvalue weighted by atomic mass is 79.9. The summed E-state index contributed by atoms with van der Waals surface area (Å²) in [4.78, 5) is 12.8. The number of hydrogen-bond donors (Lipinski definition) is 0. The van der Waals surface area contributed by atoms with E-state index in [4.69, 9.17) is 4.74 Å². The molecule has 3 heteroatoms. The summed E-state index contributed by atoms with van der Waals surface area (Å²) in [6.07, 6.45) is 20.7. The van der Waals surface area contributed by atoms with Gasteiger partial charge < -0.3 is 4.74 Å². The molecule has 0 rings (SSSR count). The first kappa shape index (κ1) is 27.9. The minimum atomic E-state index is -0.350. The predicted octanol–water partition coefficient (Wildman–Crippen LogP) is 8.99. The number of carbonyl (C=O) groups is 1. The number of hydrogen-bond acceptors (Lipinski definition) is 2. The van der Waals surface area contributed by atoms with E-state index in [9.17, 15) is 4.79 Å². The molecule has 0 radical (unpaired) electrons. The first-order valence-corrected chi connectivity index (χ1v) is 13.4. The quantitative estimate of drug-likeness (QED) is 0.103. The molecule has 0 fully saturated rings. The fourth-order valence-electron chi connectivity index (χ4n) is 3.64. The molecule has 0 aliphatic rings. The lowest BCUT2D eigenvalue weighted by atomic mass is 9.86. The molecule has 0 saturated carbocycles. The van der Waals surface area contributed by atoms with Crippen LogP contribution in [0.3, 0.4) is 0 Å². The lowest BCUT2D eigenvalue weighted by molar-refractivity contribution is -0.161. The Kier molecular flexibility index (Phi) is 18.9. The second kappa shape index (κ2) is 18.9. The number of esters is 1. The number of carbonyl (C=O) groups excluding carboxylic acids is 1. The fraction of sp³-hybridized carbons (Fsp3) is 0.960. The average molecular weight is 462 g/mol. The fourth-order valence-corrected chi connectivity index (χ4v) is 4.04. The van der Waals surface area contributed by atoms with Crippen LogP contribution in [-0.4, -0.2) is 17.4 Å². The van der Waals surface area contributed by atoms with Crippen molar-refractivity contribution in [3.63, 3.8) is 0 Å². The van der Waals surface area contributed by atoms with E-state index in [1.165, 1.54) is 83.5 Å². The van der Waals surface area contributed by atoms with Crippen molar-refractivity contribution in [2.45, 2.75) is 143 Å². The van der Waals surface area contributed by atoms with E-state index in [0.29, 0.717) is 0 Å². The van der Waals surface area contributed by atoms with Gasteiger partial charge in [-0.15, -0.1) is 0 Å². The summed E-state index contributed by atoms with van der Waals surface area (Å²) in [5.74, 6) is 0.0273. The van der Waals surface area contributed by atoms with Gasteiger partial charge >= 0.3 is 5.97 Å². The normalized spacial score (nSPS) is 12.9. The van der Waals surface area contributed by atoms with Gasteiger partial charge in [-0.3, -0.25) is 4.79 Å². The summed E-state index contributed by atoms with van der Waals surface area (Å²) in [7, 11) is 0. The Hall–Kier alpha value is -0.0500. The molecular weight excluding hydrogens is 412 g/mol. The van der Waals surface area contributed by atoms with Gasteiger partial charge in [0.2, 0.25) is 0 Å². The topological polar surface area (TPSA) is 26.3 Å². The Morgan fingerprint density at radius 1 is 0.750 bits per heavy atom. The van der Waals surface area contributed by atoms with Crippen molar-refractivity contribution in [1.29, 1.82) is 0 Å². The van der Waals surface area contributed by atoms with Crippen molar-refractivity contribution >= 4 is 21.9 Å². The molecule has 168 valence electrons. The molecule has 0 saturated heterocycles. The van der Waals surface area contributed by atoms with E-state index in [2.05, 4.69) is 43.6 Å². The second-order valence-electron chi connectivity index (χ2n) is 9.17. The first-order valence-electron chi connectivity index (χ1n) is 12.2. The summed E-state index contributed by atoms with van der Waals surface area (Å²) in [5.41, 5.74) is -0.350. The van der Waals surface area contributed by atoms with Crippen LogP contribution in [0.5, 0.6) is 0 Å². The van der Waals surface area contributed by atoms with Gasteiger partial charge in [0, 0.05) is 5.33 Å². The van der Waals surface area contributed by atoms with Crippen LogP contribution in [0, 0.1) is 5.41 Å². The van der Waals surface area contributed by atoms with Crippen LogP contribution in [0.25, 0.3) is 0 Å². The third-order valence-electron chi connectivity index (χ3n) is 5.77. The highest BCUT2D eigenvalue weighted by Crippen LogP contribution is 2.28. The number of alkyl halides is 1. The van der Waals surface area contributed by atoms with E-state index in [1.807, 2.05) is 0 Å². The molecule has 2 nitrogen and oxygen atoms in total. The molecule has 0 aliphatic heterocycles. The standard InChI is InChI=1S/C25H49BrO2/c1-5-7-9-11-12-16-20-23(19-15-10-8-6-2)28-24(27)25(3,4)21-17-13-14-18-22-26/h23H,5-22H2,1-4H3. The molecule has 1 atom stereocenters. The van der Waals surface area contributed by atoms with Crippen molar-refractivity contribution in [3.8, 4) is 0 Å². The van der Waals surface area contributed by atoms with Gasteiger partial charge in [0.15, 0.2) is 0 Å². The second-order valence-corrected chi connectivity index (χ2v) is 9.96. The predicted molar refractivity (Wildman–Crippen MR) is 127 cm³/mol. The Bertz CT molecular complexity index is 354. The van der Waals surface area contributed by atoms with E-state index in [1.54, 1.807) is 0 Å². The van der Waals surface area contributed by atoms with Gasteiger partial charge in [-0.25, -0.2) is 0 Å². The van der Waals surface area contributed by atoms with Crippen LogP contribution < -0.4 is 0 Å². The largest absolute Gasteiger partial charge is 0.462 e. The molecule has 0 N–H and O–H groups in total. The number of ether oxygens (including phenoxy) is 1. The van der Waals surface area contributed by atoms with Gasteiger partial charge in [-0.2, -0.15) is 0 Å². The smallest absolute Gasteiger partial charge is 0.311 e. The minimum absolute atomic E-state index is 0.0273. The monoisotopic (exact) mass is 460 g/mol. The van der Waals surface area contributed by atoms with E-state index >= 15 is 0 Å². The minimum Gasteiger partial charge on any atom is -0.462 e. The molecule has 0 spiro atoms. The van der Waals surface area contributed by atoms with Crippen molar-refractivity contribution in [2.24, 2.45) is 5.41 Å². The maximum Gasteiger partial charge on any atom is 0.311 e. The zero-order valence-electron chi connectivity index (χ0n) is 19.5. The molecule has 0 bridgehead atoms. The molecule has 0 aromatic rings.